The maximum absolute atomic E-state index is 12.4. The van der Waals surface area contributed by atoms with E-state index in [-0.39, 0.29) is 12.5 Å². The molecule has 0 spiro atoms. The zero-order valence-electron chi connectivity index (χ0n) is 40.7. The highest BCUT2D eigenvalue weighted by molar-refractivity contribution is 5.76. The summed E-state index contributed by atoms with van der Waals surface area (Å²) in [4.78, 5) is 12.4. The highest BCUT2D eigenvalue weighted by Crippen LogP contribution is 2.17. The fraction of sp³-hybridized carbons (Fsp3) is 0.875. The maximum Gasteiger partial charge on any atom is 0.220 e. The molecule has 0 aromatic rings. The lowest BCUT2D eigenvalue weighted by Gasteiger charge is -2.19. The lowest BCUT2D eigenvalue weighted by Crippen LogP contribution is -2.45. The number of amides is 1. The Morgan fingerprint density at radius 2 is 0.650 bits per heavy atom. The smallest absolute Gasteiger partial charge is 0.220 e. The van der Waals surface area contributed by atoms with Gasteiger partial charge in [0.1, 0.15) is 0 Å². The van der Waals surface area contributed by atoms with Gasteiger partial charge >= 0.3 is 0 Å². The van der Waals surface area contributed by atoms with Gasteiger partial charge in [0.25, 0.3) is 0 Å². The van der Waals surface area contributed by atoms with Crippen LogP contribution in [0.2, 0.25) is 0 Å². The topological polar surface area (TPSA) is 69.6 Å². The average molecular weight is 842 g/mol. The monoisotopic (exact) mass is 842 g/mol. The molecule has 2 atom stereocenters. The Hall–Kier alpha value is -1.39. The summed E-state index contributed by atoms with van der Waals surface area (Å²) in [5.41, 5.74) is 0. The van der Waals surface area contributed by atoms with Gasteiger partial charge in [-0.25, -0.2) is 0 Å². The molecule has 0 bridgehead atoms. The fourth-order valence-corrected chi connectivity index (χ4v) is 8.43. The Balaban J connectivity index is 3.41. The summed E-state index contributed by atoms with van der Waals surface area (Å²) >= 11 is 0. The molecule has 0 rings (SSSR count). The Morgan fingerprint density at radius 3 is 0.967 bits per heavy atom. The molecule has 1 amide bonds. The van der Waals surface area contributed by atoms with Gasteiger partial charge < -0.3 is 15.5 Å². The van der Waals surface area contributed by atoms with E-state index in [0.29, 0.717) is 6.42 Å². The highest BCUT2D eigenvalue weighted by atomic mass is 16.3. The summed E-state index contributed by atoms with van der Waals surface area (Å²) in [7, 11) is 0. The third-order valence-electron chi connectivity index (χ3n) is 12.6. The molecule has 0 aliphatic carbocycles. The normalized spacial score (nSPS) is 13.1. The van der Waals surface area contributed by atoms with Crippen molar-refractivity contribution in [3.05, 3.63) is 36.5 Å². The van der Waals surface area contributed by atoms with Gasteiger partial charge in [-0.15, -0.1) is 0 Å². The predicted octanol–water partition coefficient (Wildman–Crippen LogP) is 17.7. The third-order valence-corrected chi connectivity index (χ3v) is 12.6. The van der Waals surface area contributed by atoms with E-state index in [2.05, 4.69) is 43.5 Å². The maximum atomic E-state index is 12.4. The second-order valence-electron chi connectivity index (χ2n) is 18.6. The molecular formula is C56H107NO3. The van der Waals surface area contributed by atoms with Gasteiger partial charge in [-0.3, -0.25) is 4.79 Å². The van der Waals surface area contributed by atoms with E-state index in [0.717, 1.165) is 32.1 Å². The number of hydrogen-bond acceptors (Lipinski definition) is 3. The minimum absolute atomic E-state index is 0.0700. The number of hydrogen-bond donors (Lipinski definition) is 3. The second-order valence-corrected chi connectivity index (χ2v) is 18.6. The molecule has 0 aromatic carbocycles. The molecule has 354 valence electrons. The van der Waals surface area contributed by atoms with Gasteiger partial charge in [0, 0.05) is 6.42 Å². The van der Waals surface area contributed by atoms with Crippen LogP contribution in [-0.2, 0) is 4.79 Å². The molecule has 4 heteroatoms. The lowest BCUT2D eigenvalue weighted by atomic mass is 10.0. The first-order valence-electron chi connectivity index (χ1n) is 27.2. The van der Waals surface area contributed by atoms with Crippen molar-refractivity contribution >= 4 is 5.91 Å². The Kier molecular flexibility index (Phi) is 50.8. The fourth-order valence-electron chi connectivity index (χ4n) is 8.43. The molecule has 0 heterocycles. The van der Waals surface area contributed by atoms with Gasteiger partial charge in [-0.1, -0.05) is 269 Å². The Labute approximate surface area is 376 Å². The molecule has 4 nitrogen and oxygen atoms in total. The van der Waals surface area contributed by atoms with E-state index in [4.69, 9.17) is 0 Å². The molecule has 60 heavy (non-hydrogen) atoms. The quantitative estimate of drug-likeness (QED) is 0.0422. The SMILES string of the molecule is CCCCCCCCC/C=C/CC/C=C/C(O)C(CO)NC(=O)CCCCCCCCCCCCCCCCCCCCCCCCC/C=C\CCCCCCCCCC. The highest BCUT2D eigenvalue weighted by Gasteiger charge is 2.18. The molecule has 0 aliphatic rings. The minimum atomic E-state index is -0.859. The van der Waals surface area contributed by atoms with Gasteiger partial charge in [0.15, 0.2) is 0 Å². The van der Waals surface area contributed by atoms with Crippen LogP contribution in [-0.4, -0.2) is 34.9 Å². The number of allylic oxidation sites excluding steroid dienone is 5. The summed E-state index contributed by atoms with van der Waals surface area (Å²) in [5.74, 6) is -0.0700. The third kappa shape index (κ3) is 47.7. The van der Waals surface area contributed by atoms with Crippen LogP contribution in [0.4, 0.5) is 0 Å². The van der Waals surface area contributed by atoms with Crippen molar-refractivity contribution in [2.75, 3.05) is 6.61 Å². The molecule has 0 aromatic heterocycles. The van der Waals surface area contributed by atoms with E-state index >= 15 is 0 Å². The lowest BCUT2D eigenvalue weighted by molar-refractivity contribution is -0.123. The average Bonchev–Trinajstić information content (AvgIpc) is 3.25. The summed E-state index contributed by atoms with van der Waals surface area (Å²) < 4.78 is 0. The largest absolute Gasteiger partial charge is 0.394 e. The summed E-state index contributed by atoms with van der Waals surface area (Å²) in [6, 6.07) is -0.636. The van der Waals surface area contributed by atoms with Crippen LogP contribution >= 0.6 is 0 Å². The number of carbonyl (C=O) groups is 1. The summed E-state index contributed by atoms with van der Waals surface area (Å²) in [5, 5.41) is 23.0. The van der Waals surface area contributed by atoms with Crippen molar-refractivity contribution in [1.82, 2.24) is 5.32 Å². The molecule has 0 saturated carbocycles. The molecule has 0 aliphatic heterocycles. The zero-order chi connectivity index (χ0) is 43.5. The van der Waals surface area contributed by atoms with E-state index < -0.39 is 12.1 Å². The van der Waals surface area contributed by atoms with Gasteiger partial charge in [0.2, 0.25) is 5.91 Å². The Morgan fingerprint density at radius 1 is 0.383 bits per heavy atom. The molecular weight excluding hydrogens is 735 g/mol. The van der Waals surface area contributed by atoms with Crippen molar-refractivity contribution in [3.8, 4) is 0 Å². The van der Waals surface area contributed by atoms with Crippen molar-refractivity contribution in [1.29, 1.82) is 0 Å². The van der Waals surface area contributed by atoms with Crippen LogP contribution < -0.4 is 5.32 Å². The van der Waals surface area contributed by atoms with Crippen LogP contribution in [0, 0.1) is 0 Å². The summed E-state index contributed by atoms with van der Waals surface area (Å²) in [6.07, 6.45) is 70.3. The van der Waals surface area contributed by atoms with Crippen LogP contribution in [0.1, 0.15) is 296 Å². The molecule has 0 saturated heterocycles. The van der Waals surface area contributed by atoms with Gasteiger partial charge in [0.05, 0.1) is 18.8 Å². The predicted molar refractivity (Wildman–Crippen MR) is 267 cm³/mol. The molecule has 0 fully saturated rings. The number of unbranched alkanes of at least 4 members (excludes halogenated alkanes) is 39. The van der Waals surface area contributed by atoms with Crippen LogP contribution in [0.5, 0.6) is 0 Å². The number of carbonyl (C=O) groups excluding carboxylic acids is 1. The van der Waals surface area contributed by atoms with E-state index in [1.807, 2.05) is 6.08 Å². The van der Waals surface area contributed by atoms with Crippen molar-refractivity contribution < 1.29 is 15.0 Å². The first-order valence-corrected chi connectivity index (χ1v) is 27.2. The first kappa shape index (κ1) is 58.6. The van der Waals surface area contributed by atoms with Gasteiger partial charge in [-0.05, 0) is 57.8 Å². The number of aliphatic hydroxyl groups excluding tert-OH is 2. The van der Waals surface area contributed by atoms with E-state index in [9.17, 15) is 15.0 Å². The number of nitrogens with one attached hydrogen (secondary N) is 1. The molecule has 2 unspecified atom stereocenters. The minimum Gasteiger partial charge on any atom is -0.394 e. The number of rotatable bonds is 50. The standard InChI is InChI=1S/C56H107NO3/c1-3-5-7-9-11-13-15-17-18-19-20-21-22-23-24-25-26-27-28-29-30-31-32-33-34-35-36-37-38-40-42-44-46-48-50-52-56(60)57-54(53-58)55(59)51-49-47-45-43-41-39-16-14-12-10-8-6-4-2/h19-20,41,43,49,51,54-55,58-59H,3-18,21-40,42,44-48,50,52-53H2,1-2H3,(H,57,60)/b20-19-,43-41+,51-49+. The van der Waals surface area contributed by atoms with Crippen LogP contribution in [0.25, 0.3) is 0 Å². The second kappa shape index (κ2) is 52.0. The van der Waals surface area contributed by atoms with E-state index in [1.165, 1.54) is 244 Å². The van der Waals surface area contributed by atoms with Crippen molar-refractivity contribution in [2.24, 2.45) is 0 Å². The van der Waals surface area contributed by atoms with Crippen molar-refractivity contribution in [3.63, 3.8) is 0 Å². The first-order chi connectivity index (χ1) is 29.7. The van der Waals surface area contributed by atoms with Crippen molar-refractivity contribution in [2.45, 2.75) is 309 Å². The van der Waals surface area contributed by atoms with E-state index in [1.54, 1.807) is 6.08 Å². The molecule has 0 radical (unpaired) electrons. The summed E-state index contributed by atoms with van der Waals surface area (Å²) in [6.45, 7) is 4.30. The van der Waals surface area contributed by atoms with Gasteiger partial charge in [-0.2, -0.15) is 0 Å². The zero-order valence-corrected chi connectivity index (χ0v) is 40.7. The van der Waals surface area contributed by atoms with Crippen LogP contribution in [0.15, 0.2) is 36.5 Å². The Bertz CT molecular complexity index is 912. The number of aliphatic hydroxyl groups is 2. The molecule has 3 N–H and O–H groups in total. The van der Waals surface area contributed by atoms with Crippen LogP contribution in [0.3, 0.4) is 0 Å².